The number of aliphatic hydroxyl groups is 2. The molecular weight excluding hydrogens is 1780 g/mol. The molecule has 144 heavy (non-hydrogen) atoms. The zero-order chi connectivity index (χ0) is 106. The van der Waals surface area contributed by atoms with E-state index in [4.69, 9.17) is 9.47 Å². The summed E-state index contributed by atoms with van der Waals surface area (Å²) in [6, 6.07) is 0. The number of carboxylic acid groups (broad SMARTS) is 1. The van der Waals surface area contributed by atoms with Crippen LogP contribution in [0.15, 0.2) is 48.6 Å². The Morgan fingerprint density at radius 3 is 0.743 bits per heavy atom. The molecule has 5 N–H and O–H groups in total. The highest BCUT2D eigenvalue weighted by molar-refractivity contribution is 5.85. The number of rotatable bonds is 14. The van der Waals surface area contributed by atoms with Crippen molar-refractivity contribution in [3.8, 4) is 0 Å². The van der Waals surface area contributed by atoms with Crippen LogP contribution in [0.2, 0.25) is 0 Å². The van der Waals surface area contributed by atoms with Crippen LogP contribution in [0, 0.1) is 250 Å². The first kappa shape index (κ1) is 111. The van der Waals surface area contributed by atoms with E-state index < -0.39 is 11.4 Å². The molecule has 44 atom stereocenters. The van der Waals surface area contributed by atoms with Crippen molar-refractivity contribution in [2.75, 3.05) is 40.5 Å². The molecule has 812 valence electrons. The van der Waals surface area contributed by atoms with Gasteiger partial charge in [-0.25, -0.2) is 0 Å². The van der Waals surface area contributed by atoms with Crippen molar-refractivity contribution in [2.45, 2.75) is 444 Å². The van der Waals surface area contributed by atoms with Gasteiger partial charge in [0.25, 0.3) is 0 Å². The summed E-state index contributed by atoms with van der Waals surface area (Å²) in [7, 11) is 3.69. The monoisotopic (exact) mass is 1990 g/mol. The van der Waals surface area contributed by atoms with Crippen molar-refractivity contribution in [3.63, 3.8) is 0 Å². The number of aliphatic hydroxyl groups excluding tert-OH is 2. The number of carbonyl (C=O) groups excluding carboxylic acids is 5. The number of carboxylic acids is 1. The lowest BCUT2D eigenvalue weighted by Crippen LogP contribution is -2.67. The van der Waals surface area contributed by atoms with Gasteiger partial charge in [0, 0.05) is 57.4 Å². The Kier molecular flexibility index (Phi) is 28.8. The van der Waals surface area contributed by atoms with Crippen molar-refractivity contribution < 1.29 is 53.6 Å². The Balaban J connectivity index is 0.000000132. The third-order valence-electron chi connectivity index (χ3n) is 57.8. The molecule has 0 aliphatic heterocycles. The normalized spacial score (nSPS) is 53.9. The van der Waals surface area contributed by atoms with Crippen LogP contribution in [0.5, 0.6) is 0 Å². The first-order valence-corrected chi connectivity index (χ1v) is 60.3. The molecule has 20 aliphatic carbocycles. The number of carbonyl (C=O) groups is 6. The van der Waals surface area contributed by atoms with Crippen LogP contribution in [0.4, 0.5) is 0 Å². The van der Waals surface area contributed by atoms with Gasteiger partial charge < -0.3 is 35.4 Å². The average Bonchev–Trinajstić information content (AvgIpc) is 1.41. The van der Waals surface area contributed by atoms with Gasteiger partial charge in [0.15, 0.2) is 0 Å². The molecule has 2 amide bonds. The van der Waals surface area contributed by atoms with Crippen LogP contribution in [-0.2, 0) is 38.2 Å². The summed E-state index contributed by atoms with van der Waals surface area (Å²) in [5.74, 6) is 13.3. The number of aliphatic carboxylic acids is 1. The number of ketones is 1. The van der Waals surface area contributed by atoms with Gasteiger partial charge in [-0.05, 0) is 509 Å². The van der Waals surface area contributed by atoms with Crippen LogP contribution in [-0.4, -0.2) is 91.3 Å². The number of hydrogen-bond donors (Lipinski definition) is 5. The third-order valence-corrected chi connectivity index (χ3v) is 57.8. The molecule has 0 aromatic rings. The number of Topliss-reactive ketones (excluding diaryl/α,β-unsaturated/α-hetero) is 1. The number of ether oxygens (including phenoxy) is 2. The van der Waals surface area contributed by atoms with Crippen molar-refractivity contribution >= 4 is 35.5 Å². The number of fused-ring (bicyclic) bond motifs is 28. The number of allylic oxidation sites excluding steroid dienone is 4. The van der Waals surface area contributed by atoms with Gasteiger partial charge in [-0.2, -0.15) is 0 Å². The van der Waals surface area contributed by atoms with Crippen LogP contribution in [0.3, 0.4) is 0 Å². The van der Waals surface area contributed by atoms with Crippen LogP contribution in [0.1, 0.15) is 444 Å². The zero-order valence-corrected chi connectivity index (χ0v) is 97.4. The van der Waals surface area contributed by atoms with E-state index in [0.717, 1.165) is 83.5 Å². The van der Waals surface area contributed by atoms with Crippen molar-refractivity contribution in [1.82, 2.24) is 10.6 Å². The predicted octanol–water partition coefficient (Wildman–Crippen LogP) is 30.3. The van der Waals surface area contributed by atoms with E-state index in [1.54, 1.807) is 13.8 Å². The summed E-state index contributed by atoms with van der Waals surface area (Å²) in [5, 5.41) is 37.9. The highest BCUT2D eigenvalue weighted by Gasteiger charge is 2.79. The topological polar surface area (TPSA) is 206 Å². The molecule has 0 spiro atoms. The summed E-state index contributed by atoms with van der Waals surface area (Å²) in [4.78, 5) is 76.8. The fraction of sp³-hybridized carbons (Fsp3) is 0.893. The Morgan fingerprint density at radius 2 is 0.500 bits per heavy atom. The summed E-state index contributed by atoms with van der Waals surface area (Å²) in [6.07, 6.45) is 47.1. The standard InChI is InChI=1S/C34H55NO3.C34H54O3.C32H53NO2.C31H50O3/c1-21(2)24-13-17-34(29(37)35-9)19-18-32(7)25(28(24)34)10-11-27-30(5)15-12-22(3)31(6,20-38-23(4)36)26(30)14-16-33(27,32)8;1-21(2)25-13-17-34(23(4)35)19-18-32(8)26(29(25)34)10-11-28-30(6)15-12-22(3)31(7,20-37-24(5)36)27(30)14-16-33(28,32)9;1-20(2)22-12-16-32(27(35)33-8)18-17-30(6)23(26(22)32)9-10-25-28(4)14-11-21(3)29(5,19-34)24(28)13-15-31(25,30)7;1-19(2)21-11-15-31(26(33)34)17-16-29(6)22(25(21)31)8-9-24-27(4)13-10-20(3)28(5,18-32)23(27)12-14-30(24,29)7/h22,24-28H,1,10-20H2,2-9H3,(H,35,37);22,25-29H,1,10-20H2,2-9H3;21-26,34H,1,9-19H2,2-8H3,(H,33,35);20-25,32H,1,8-18H2,2-7H3,(H,33,34)/t22-,24-,25?,26?,27?,28?,30-,31+,32+,33+,34-;22-,25-,26?,27?,28?,29?,30-,31+,32+,33+,34+;21-,22-,23?,24?,25?,26?,28-,29+,30+,31+,32-;20-,21-,22?,23?,24?,25?,27-,28+,29+,30+,31-/m0000/s1. The fourth-order valence-electron chi connectivity index (χ4n) is 48.4. The molecule has 13 heteroatoms. The Hall–Kier alpha value is -4.10. The first-order valence-electron chi connectivity index (χ1n) is 60.3. The lowest BCUT2D eigenvalue weighted by molar-refractivity contribution is -0.247. The highest BCUT2D eigenvalue weighted by Crippen LogP contribution is 2.85. The smallest absolute Gasteiger partial charge is 0.309 e. The molecular formula is C131H212N2O11. The minimum atomic E-state index is -0.536. The number of amides is 2. The Bertz CT molecular complexity index is 4970. The van der Waals surface area contributed by atoms with Gasteiger partial charge in [-0.3, -0.25) is 28.8 Å². The van der Waals surface area contributed by atoms with Gasteiger partial charge in [-0.15, -0.1) is 0 Å². The van der Waals surface area contributed by atoms with Crippen molar-refractivity contribution in [2.24, 2.45) is 250 Å². The van der Waals surface area contributed by atoms with Gasteiger partial charge in [0.2, 0.25) is 11.8 Å². The van der Waals surface area contributed by atoms with Gasteiger partial charge >= 0.3 is 17.9 Å². The molecule has 0 aromatic carbocycles. The maximum Gasteiger partial charge on any atom is 0.309 e. The lowest BCUT2D eigenvalue weighted by atomic mass is 9.31. The molecule has 20 rings (SSSR count). The fourth-order valence-corrected chi connectivity index (χ4v) is 48.4. The molecule has 13 nitrogen and oxygen atoms in total. The number of esters is 2. The average molecular weight is 1990 g/mol. The van der Waals surface area contributed by atoms with Gasteiger partial charge in [-0.1, -0.05) is 187 Å². The summed E-state index contributed by atoms with van der Waals surface area (Å²) in [6.45, 7) is 84.0. The molecule has 16 unspecified atom stereocenters. The van der Waals surface area contributed by atoms with E-state index in [2.05, 4.69) is 203 Å². The van der Waals surface area contributed by atoms with Gasteiger partial charge in [0.05, 0.1) is 29.5 Å². The van der Waals surface area contributed by atoms with E-state index in [1.807, 2.05) is 21.0 Å². The lowest BCUT2D eigenvalue weighted by Gasteiger charge is -2.73. The highest BCUT2D eigenvalue weighted by atomic mass is 16.5. The summed E-state index contributed by atoms with van der Waals surface area (Å²) in [5.41, 5.74) is 7.38. The predicted molar refractivity (Wildman–Crippen MR) is 584 cm³/mol. The summed E-state index contributed by atoms with van der Waals surface area (Å²) < 4.78 is 11.5. The first-order chi connectivity index (χ1) is 67.1. The van der Waals surface area contributed by atoms with Gasteiger partial charge in [0.1, 0.15) is 5.78 Å². The Labute approximate surface area is 877 Å². The number of hydrogen-bond acceptors (Lipinski definition) is 10. The molecule has 0 saturated heterocycles. The molecule has 20 saturated carbocycles. The minimum Gasteiger partial charge on any atom is -0.481 e. The van der Waals surface area contributed by atoms with E-state index in [9.17, 15) is 44.1 Å². The SMILES string of the molecule is C=C(C)[C@@H]1CC[C@]2(C(=O)NC)CC[C@]3(C)C(CCC4[C@@]5(C)CC[C@H](C)[C@@](C)(CO)C5CC[C@]43C)C12.C=C(C)[C@@H]1CC[C@]2(C(=O)NC)CC[C@]3(C)C(CCC4[C@@]5(C)CC[C@H](C)[C@@](C)(COC(C)=O)C5CC[C@]43C)C12.C=C(C)[C@@H]1CC[C@]2(C(=O)O)CC[C@]3(C)C(CCC4[C@@]5(C)CC[C@H](C)[C@@](C)(CO)C5CC[C@]43C)C12.C=C(C)[C@@H]1CC[C@]2(C(C)=O)CC[C@]3(C)C(CCC4[C@@]5(C)CC[C@H](C)[C@@](C)(COC(C)=O)C5CC[C@]43C)C12. The molecule has 0 bridgehead atoms. The van der Waals surface area contributed by atoms with Crippen LogP contribution in [0.25, 0.3) is 0 Å². The van der Waals surface area contributed by atoms with Crippen molar-refractivity contribution in [1.29, 1.82) is 0 Å². The summed E-state index contributed by atoms with van der Waals surface area (Å²) >= 11 is 0. The zero-order valence-electron chi connectivity index (χ0n) is 97.4. The maximum atomic E-state index is 13.6. The second kappa shape index (κ2) is 37.4. The van der Waals surface area contributed by atoms with Crippen LogP contribution < -0.4 is 10.6 Å². The molecule has 0 heterocycles. The largest absolute Gasteiger partial charge is 0.481 e. The molecule has 20 aliphatic rings. The second-order valence-corrected chi connectivity index (χ2v) is 61.0. The van der Waals surface area contributed by atoms with Crippen LogP contribution >= 0.6 is 0 Å². The van der Waals surface area contributed by atoms with E-state index in [1.165, 1.54) is 196 Å². The third kappa shape index (κ3) is 15.1. The maximum absolute atomic E-state index is 13.6. The molecule has 20 fully saturated rings. The van der Waals surface area contributed by atoms with E-state index in [0.29, 0.717) is 191 Å². The van der Waals surface area contributed by atoms with Crippen molar-refractivity contribution in [3.05, 3.63) is 48.6 Å². The minimum absolute atomic E-state index is 0.0214. The quantitative estimate of drug-likeness (QED) is 0.0817. The Morgan fingerprint density at radius 1 is 0.271 bits per heavy atom. The second-order valence-electron chi connectivity index (χ2n) is 61.0. The van der Waals surface area contributed by atoms with E-state index >= 15 is 0 Å². The number of nitrogens with one attached hydrogen (secondary N) is 2. The molecule has 0 aromatic heterocycles. The van der Waals surface area contributed by atoms with E-state index in [-0.39, 0.29) is 110 Å². The molecule has 0 radical (unpaired) electrons.